The third kappa shape index (κ3) is 7.97. The summed E-state index contributed by atoms with van der Waals surface area (Å²) in [6.45, 7) is 7.22. The number of piperidine rings is 1. The van der Waals surface area contributed by atoms with Crippen LogP contribution in [0.1, 0.15) is 43.7 Å². The van der Waals surface area contributed by atoms with E-state index in [1.165, 1.54) is 31.4 Å². The fourth-order valence-corrected chi connectivity index (χ4v) is 3.74. The van der Waals surface area contributed by atoms with E-state index in [0.717, 1.165) is 50.2 Å². The summed E-state index contributed by atoms with van der Waals surface area (Å²) in [6.07, 6.45) is 9.22. The zero-order chi connectivity index (χ0) is 19.6. The fraction of sp³-hybridized carbons (Fsp3) is 0.545. The summed E-state index contributed by atoms with van der Waals surface area (Å²) in [5.74, 6) is 0.850. The molecular formula is C22H35IN6. The molecule has 1 aliphatic rings. The highest BCUT2D eigenvalue weighted by Crippen LogP contribution is 2.16. The maximum absolute atomic E-state index is 4.46. The van der Waals surface area contributed by atoms with Gasteiger partial charge in [0, 0.05) is 44.5 Å². The molecule has 2 heterocycles. The molecule has 1 aliphatic heterocycles. The van der Waals surface area contributed by atoms with E-state index in [4.69, 9.17) is 0 Å². The molecule has 2 N–H and O–H groups in total. The second kappa shape index (κ2) is 12.8. The molecule has 0 saturated carbocycles. The fourth-order valence-electron chi connectivity index (χ4n) is 3.74. The number of hydrogen-bond acceptors (Lipinski definition) is 3. The van der Waals surface area contributed by atoms with Gasteiger partial charge in [-0.1, -0.05) is 36.8 Å². The molecule has 0 spiro atoms. The maximum atomic E-state index is 4.46. The smallest absolute Gasteiger partial charge is 0.191 e. The summed E-state index contributed by atoms with van der Waals surface area (Å²) >= 11 is 0. The van der Waals surface area contributed by atoms with Crippen molar-refractivity contribution in [1.82, 2.24) is 25.3 Å². The van der Waals surface area contributed by atoms with Gasteiger partial charge in [0.25, 0.3) is 0 Å². The molecule has 29 heavy (non-hydrogen) atoms. The summed E-state index contributed by atoms with van der Waals surface area (Å²) in [5, 5.41) is 11.3. The highest BCUT2D eigenvalue weighted by atomic mass is 127. The van der Waals surface area contributed by atoms with E-state index in [1.54, 1.807) is 0 Å². The summed E-state index contributed by atoms with van der Waals surface area (Å²) in [7, 11) is 1.82. The molecule has 1 saturated heterocycles. The molecule has 2 aromatic rings. The monoisotopic (exact) mass is 510 g/mol. The highest BCUT2D eigenvalue weighted by Gasteiger charge is 2.17. The molecular weight excluding hydrogens is 475 g/mol. The lowest BCUT2D eigenvalue weighted by Crippen LogP contribution is -2.41. The SMILES string of the molecule is CN=C(NCCCN1CCCCC1C)NCc1cnn(Cc2ccccc2)c1.I. The molecule has 1 aromatic heterocycles. The second-order valence-electron chi connectivity index (χ2n) is 7.62. The molecule has 160 valence electrons. The Kier molecular flexibility index (Phi) is 10.5. The minimum atomic E-state index is 0. The van der Waals surface area contributed by atoms with Crippen molar-refractivity contribution < 1.29 is 0 Å². The minimum Gasteiger partial charge on any atom is -0.356 e. The number of guanidine groups is 1. The summed E-state index contributed by atoms with van der Waals surface area (Å²) in [4.78, 5) is 6.94. The van der Waals surface area contributed by atoms with Gasteiger partial charge >= 0.3 is 0 Å². The van der Waals surface area contributed by atoms with Gasteiger partial charge in [0.2, 0.25) is 0 Å². The van der Waals surface area contributed by atoms with Crippen LogP contribution in [-0.2, 0) is 13.1 Å². The van der Waals surface area contributed by atoms with E-state index in [1.807, 2.05) is 24.0 Å². The van der Waals surface area contributed by atoms with Crippen LogP contribution in [0.3, 0.4) is 0 Å². The van der Waals surface area contributed by atoms with Gasteiger partial charge in [-0.15, -0.1) is 24.0 Å². The number of hydrogen-bond donors (Lipinski definition) is 2. The van der Waals surface area contributed by atoms with Gasteiger partial charge in [0.1, 0.15) is 0 Å². The zero-order valence-corrected chi connectivity index (χ0v) is 20.0. The lowest BCUT2D eigenvalue weighted by atomic mass is 10.0. The molecule has 7 heteroatoms. The summed E-state index contributed by atoms with van der Waals surface area (Å²) < 4.78 is 1.97. The van der Waals surface area contributed by atoms with Crippen LogP contribution in [0.4, 0.5) is 0 Å². The van der Waals surface area contributed by atoms with Crippen molar-refractivity contribution in [2.45, 2.75) is 51.7 Å². The molecule has 0 amide bonds. The van der Waals surface area contributed by atoms with E-state index in [0.29, 0.717) is 0 Å². The third-order valence-electron chi connectivity index (χ3n) is 5.41. The van der Waals surface area contributed by atoms with Crippen molar-refractivity contribution in [1.29, 1.82) is 0 Å². The normalized spacial score (nSPS) is 17.6. The first-order valence-electron chi connectivity index (χ1n) is 10.5. The van der Waals surface area contributed by atoms with E-state index in [9.17, 15) is 0 Å². The number of aromatic nitrogens is 2. The van der Waals surface area contributed by atoms with Gasteiger partial charge in [-0.3, -0.25) is 9.67 Å². The number of nitrogens with zero attached hydrogens (tertiary/aromatic N) is 4. The summed E-state index contributed by atoms with van der Waals surface area (Å²) in [6, 6.07) is 11.1. The van der Waals surface area contributed by atoms with Crippen LogP contribution in [0.15, 0.2) is 47.7 Å². The van der Waals surface area contributed by atoms with Crippen LogP contribution in [-0.4, -0.2) is 53.4 Å². The molecule has 1 atom stereocenters. The van der Waals surface area contributed by atoms with Crippen molar-refractivity contribution in [3.8, 4) is 0 Å². The number of likely N-dealkylation sites (tertiary alicyclic amines) is 1. The lowest BCUT2D eigenvalue weighted by molar-refractivity contribution is 0.159. The van der Waals surface area contributed by atoms with E-state index >= 15 is 0 Å². The van der Waals surface area contributed by atoms with Crippen LogP contribution in [0, 0.1) is 0 Å². The Hall–Kier alpha value is -1.61. The van der Waals surface area contributed by atoms with E-state index in [2.05, 4.69) is 63.0 Å². The number of halogens is 1. The average Bonchev–Trinajstić information content (AvgIpc) is 3.17. The second-order valence-corrected chi connectivity index (χ2v) is 7.62. The number of aliphatic imine (C=N–C) groups is 1. The van der Waals surface area contributed by atoms with Gasteiger partial charge in [0.15, 0.2) is 5.96 Å². The Morgan fingerprint density at radius 3 is 2.76 bits per heavy atom. The molecule has 3 rings (SSSR count). The Morgan fingerprint density at radius 2 is 2.00 bits per heavy atom. The number of rotatable bonds is 8. The molecule has 6 nitrogen and oxygen atoms in total. The largest absolute Gasteiger partial charge is 0.356 e. The highest BCUT2D eigenvalue weighted by molar-refractivity contribution is 14.0. The first-order chi connectivity index (χ1) is 13.7. The molecule has 0 aliphatic carbocycles. The quantitative estimate of drug-likeness (QED) is 0.247. The Bertz CT molecular complexity index is 730. The lowest BCUT2D eigenvalue weighted by Gasteiger charge is -2.33. The van der Waals surface area contributed by atoms with Gasteiger partial charge in [-0.05, 0) is 38.3 Å². The number of benzene rings is 1. The van der Waals surface area contributed by atoms with Crippen LogP contribution in [0.5, 0.6) is 0 Å². The standard InChI is InChI=1S/C22H34N6.HI/c1-19-9-6-7-13-27(19)14-8-12-24-22(23-2)25-15-21-16-26-28(18-21)17-20-10-4-3-5-11-20;/h3-5,10-11,16,18-19H,6-9,12-15,17H2,1-2H3,(H2,23,24,25);1H. The molecule has 0 radical (unpaired) electrons. The Morgan fingerprint density at radius 1 is 1.17 bits per heavy atom. The predicted molar refractivity (Wildman–Crippen MR) is 131 cm³/mol. The Labute approximate surface area is 192 Å². The number of nitrogens with one attached hydrogen (secondary N) is 2. The average molecular weight is 510 g/mol. The predicted octanol–water partition coefficient (Wildman–Crippen LogP) is 3.48. The molecule has 1 unspecified atom stereocenters. The van der Waals surface area contributed by atoms with Gasteiger partial charge in [-0.2, -0.15) is 5.10 Å². The molecule has 1 fully saturated rings. The van der Waals surface area contributed by atoms with Crippen LogP contribution in [0.25, 0.3) is 0 Å². The van der Waals surface area contributed by atoms with Gasteiger partial charge in [0.05, 0.1) is 12.7 Å². The Balaban J connectivity index is 0.00000300. The molecule has 0 bridgehead atoms. The van der Waals surface area contributed by atoms with Crippen LogP contribution >= 0.6 is 24.0 Å². The van der Waals surface area contributed by atoms with Crippen LogP contribution < -0.4 is 10.6 Å². The van der Waals surface area contributed by atoms with E-state index in [-0.39, 0.29) is 24.0 Å². The van der Waals surface area contributed by atoms with Crippen molar-refractivity contribution >= 4 is 29.9 Å². The van der Waals surface area contributed by atoms with Crippen molar-refractivity contribution in [2.75, 3.05) is 26.7 Å². The minimum absolute atomic E-state index is 0. The summed E-state index contributed by atoms with van der Waals surface area (Å²) in [5.41, 5.74) is 2.41. The first kappa shape index (κ1) is 23.7. The topological polar surface area (TPSA) is 57.5 Å². The van der Waals surface area contributed by atoms with E-state index < -0.39 is 0 Å². The van der Waals surface area contributed by atoms with Crippen molar-refractivity contribution in [3.63, 3.8) is 0 Å². The zero-order valence-electron chi connectivity index (χ0n) is 17.7. The van der Waals surface area contributed by atoms with Crippen molar-refractivity contribution in [3.05, 3.63) is 53.9 Å². The third-order valence-corrected chi connectivity index (χ3v) is 5.41. The van der Waals surface area contributed by atoms with Crippen LogP contribution in [0.2, 0.25) is 0 Å². The first-order valence-corrected chi connectivity index (χ1v) is 10.5. The maximum Gasteiger partial charge on any atom is 0.191 e. The van der Waals surface area contributed by atoms with Gasteiger partial charge in [-0.25, -0.2) is 0 Å². The van der Waals surface area contributed by atoms with Gasteiger partial charge < -0.3 is 15.5 Å². The van der Waals surface area contributed by atoms with Crippen molar-refractivity contribution in [2.24, 2.45) is 4.99 Å². The molecule has 1 aromatic carbocycles.